The van der Waals surface area contributed by atoms with Gasteiger partial charge in [0.25, 0.3) is 10.0 Å². The summed E-state index contributed by atoms with van der Waals surface area (Å²) in [5, 5.41) is 9.98. The number of halogens is 1. The molecule has 8 heteroatoms. The third-order valence-corrected chi connectivity index (χ3v) is 6.22. The molecule has 28 heavy (non-hydrogen) atoms. The predicted octanol–water partition coefficient (Wildman–Crippen LogP) is 3.79. The highest BCUT2D eigenvalue weighted by Gasteiger charge is 2.28. The average Bonchev–Trinajstić information content (AvgIpc) is 3.05. The molecule has 0 radical (unpaired) electrons. The van der Waals surface area contributed by atoms with Gasteiger partial charge in [-0.05, 0) is 30.3 Å². The third kappa shape index (κ3) is 3.59. The van der Waals surface area contributed by atoms with Gasteiger partial charge >= 0.3 is 0 Å². The number of hydrogen-bond donors (Lipinski definition) is 0. The molecular formula is C20H16BrN3O3S. The third-order valence-electron chi connectivity index (χ3n) is 3.99. The Morgan fingerprint density at radius 2 is 1.82 bits per heavy atom. The highest BCUT2D eigenvalue weighted by atomic mass is 79.9. The van der Waals surface area contributed by atoms with E-state index >= 15 is 0 Å². The minimum absolute atomic E-state index is 0.0524. The molecule has 0 unspecified atom stereocenters. The van der Waals surface area contributed by atoms with Crippen LogP contribution in [-0.2, 0) is 10.0 Å². The molecule has 0 amide bonds. The van der Waals surface area contributed by atoms with Crippen molar-refractivity contribution >= 4 is 42.6 Å². The number of allylic oxidation sites excluding steroid dienone is 1. The normalized spacial score (nSPS) is 12.0. The van der Waals surface area contributed by atoms with Gasteiger partial charge in [-0.1, -0.05) is 40.2 Å². The number of benzene rings is 2. The van der Waals surface area contributed by atoms with Gasteiger partial charge < -0.3 is 4.90 Å². The Kier molecular flexibility index (Phi) is 5.40. The molecule has 142 valence electrons. The van der Waals surface area contributed by atoms with E-state index in [-0.39, 0.29) is 16.2 Å². The van der Waals surface area contributed by atoms with E-state index in [9.17, 15) is 18.5 Å². The molecule has 0 aliphatic carbocycles. The Morgan fingerprint density at radius 3 is 2.43 bits per heavy atom. The number of fused-ring (bicyclic) bond motifs is 1. The number of rotatable bonds is 5. The number of nitrogens with zero attached hydrogens (tertiary/aromatic N) is 3. The van der Waals surface area contributed by atoms with E-state index < -0.39 is 15.8 Å². The molecule has 0 spiro atoms. The summed E-state index contributed by atoms with van der Waals surface area (Å²) in [6.07, 6.45) is 1.37. The van der Waals surface area contributed by atoms with Gasteiger partial charge in [-0.25, -0.2) is 12.4 Å². The molecule has 0 bridgehead atoms. The molecule has 3 aromatic rings. The number of carbonyl (C=O) groups excluding carboxylic acids is 1. The second kappa shape index (κ2) is 7.62. The van der Waals surface area contributed by atoms with Crippen molar-refractivity contribution in [2.45, 2.75) is 4.90 Å². The first-order valence-corrected chi connectivity index (χ1v) is 10.4. The van der Waals surface area contributed by atoms with Crippen LogP contribution in [0.15, 0.2) is 75.7 Å². The van der Waals surface area contributed by atoms with Crippen molar-refractivity contribution in [3.05, 3.63) is 76.5 Å². The van der Waals surface area contributed by atoms with Crippen LogP contribution in [0.25, 0.3) is 10.9 Å². The van der Waals surface area contributed by atoms with Gasteiger partial charge in [0.1, 0.15) is 17.3 Å². The summed E-state index contributed by atoms with van der Waals surface area (Å²) in [7, 11) is -0.703. The highest BCUT2D eigenvalue weighted by molar-refractivity contribution is 9.10. The molecule has 0 saturated carbocycles. The number of carbonyl (C=O) groups is 1. The number of Topliss-reactive ketones (excluding diaryl/α,β-unsaturated/α-hetero) is 1. The van der Waals surface area contributed by atoms with Gasteiger partial charge in [-0.3, -0.25) is 4.79 Å². The second-order valence-electron chi connectivity index (χ2n) is 6.26. The van der Waals surface area contributed by atoms with Crippen LogP contribution in [0.4, 0.5) is 0 Å². The average molecular weight is 458 g/mol. The first kappa shape index (κ1) is 19.9. The first-order valence-electron chi connectivity index (χ1n) is 8.20. The molecule has 6 nitrogen and oxygen atoms in total. The van der Waals surface area contributed by atoms with Gasteiger partial charge in [-0.15, -0.1) is 0 Å². The number of nitriles is 1. The maximum Gasteiger partial charge on any atom is 0.268 e. The quantitative estimate of drug-likeness (QED) is 0.330. The van der Waals surface area contributed by atoms with Gasteiger partial charge in [0.2, 0.25) is 5.78 Å². The molecule has 0 fully saturated rings. The van der Waals surface area contributed by atoms with E-state index in [4.69, 9.17) is 0 Å². The van der Waals surface area contributed by atoms with Crippen molar-refractivity contribution in [3.63, 3.8) is 0 Å². The van der Waals surface area contributed by atoms with Crippen LogP contribution in [-0.4, -0.2) is 37.2 Å². The van der Waals surface area contributed by atoms with Crippen LogP contribution < -0.4 is 0 Å². The Labute approximate surface area is 171 Å². The summed E-state index contributed by atoms with van der Waals surface area (Å²) in [5.41, 5.74) is 0.103. The van der Waals surface area contributed by atoms with Gasteiger partial charge in [0.05, 0.1) is 10.4 Å². The maximum absolute atomic E-state index is 13.4. The van der Waals surface area contributed by atoms with E-state index in [1.165, 1.54) is 24.4 Å². The Balaban J connectivity index is 2.35. The van der Waals surface area contributed by atoms with Gasteiger partial charge in [0, 0.05) is 30.2 Å². The minimum atomic E-state index is -4.06. The summed E-state index contributed by atoms with van der Waals surface area (Å²) in [5.74, 6) is -0.664. The van der Waals surface area contributed by atoms with Crippen LogP contribution in [0, 0.1) is 11.3 Å². The fourth-order valence-electron chi connectivity index (χ4n) is 2.80. The Hall–Kier alpha value is -2.89. The molecule has 3 rings (SSSR count). The van der Waals surface area contributed by atoms with Crippen molar-refractivity contribution in [3.8, 4) is 6.07 Å². The Morgan fingerprint density at radius 1 is 1.14 bits per heavy atom. The van der Waals surface area contributed by atoms with Crippen molar-refractivity contribution in [2.24, 2.45) is 0 Å². The predicted molar refractivity (Wildman–Crippen MR) is 110 cm³/mol. The van der Waals surface area contributed by atoms with E-state index in [2.05, 4.69) is 15.9 Å². The SMILES string of the molecule is CN(C)C=C(C#N)C(=O)c1cc2ccc(Br)cc2n1S(=O)(=O)c1ccccc1. The molecule has 1 aromatic heterocycles. The van der Waals surface area contributed by atoms with E-state index in [0.717, 1.165) is 3.97 Å². The number of hydrogen-bond acceptors (Lipinski definition) is 5. The number of ketones is 1. The summed E-state index contributed by atoms with van der Waals surface area (Å²) < 4.78 is 28.4. The molecule has 0 saturated heterocycles. The van der Waals surface area contributed by atoms with Crippen molar-refractivity contribution in [1.82, 2.24) is 8.87 Å². The number of aromatic nitrogens is 1. The van der Waals surface area contributed by atoms with Crippen molar-refractivity contribution in [2.75, 3.05) is 14.1 Å². The van der Waals surface area contributed by atoms with Crippen molar-refractivity contribution in [1.29, 1.82) is 5.26 Å². The summed E-state index contributed by atoms with van der Waals surface area (Å²) in [4.78, 5) is 14.7. The zero-order chi connectivity index (χ0) is 20.5. The first-order chi connectivity index (χ1) is 13.3. The van der Waals surface area contributed by atoms with E-state index in [1.54, 1.807) is 55.4 Å². The zero-order valence-electron chi connectivity index (χ0n) is 15.1. The van der Waals surface area contributed by atoms with Gasteiger partial charge in [-0.2, -0.15) is 5.26 Å². The highest BCUT2D eigenvalue weighted by Crippen LogP contribution is 2.29. The summed E-state index contributed by atoms with van der Waals surface area (Å²) >= 11 is 3.35. The molecule has 1 heterocycles. The van der Waals surface area contributed by atoms with Crippen LogP contribution in [0.3, 0.4) is 0 Å². The van der Waals surface area contributed by atoms with Gasteiger partial charge in [0.15, 0.2) is 0 Å². The molecule has 0 aliphatic heterocycles. The largest absolute Gasteiger partial charge is 0.382 e. The topological polar surface area (TPSA) is 83.2 Å². The molecule has 0 atom stereocenters. The lowest BCUT2D eigenvalue weighted by molar-refractivity contribution is 0.103. The second-order valence-corrected chi connectivity index (χ2v) is 8.96. The molecule has 0 N–H and O–H groups in total. The van der Waals surface area contributed by atoms with E-state index in [1.807, 2.05) is 6.07 Å². The van der Waals surface area contributed by atoms with Crippen LogP contribution in [0.1, 0.15) is 10.5 Å². The standard InChI is InChI=1S/C20H16BrN3O3S/c1-23(2)13-15(12-22)20(25)19-10-14-8-9-16(21)11-18(14)24(19)28(26,27)17-6-4-3-5-7-17/h3-11,13H,1-2H3. The molecule has 0 aliphatic rings. The van der Waals surface area contributed by atoms with Crippen molar-refractivity contribution < 1.29 is 13.2 Å². The van der Waals surface area contributed by atoms with Crippen LogP contribution >= 0.6 is 15.9 Å². The smallest absolute Gasteiger partial charge is 0.268 e. The molecular weight excluding hydrogens is 442 g/mol. The van der Waals surface area contributed by atoms with Crippen LogP contribution in [0.2, 0.25) is 0 Å². The summed E-state index contributed by atoms with van der Waals surface area (Å²) in [6, 6.07) is 16.3. The summed E-state index contributed by atoms with van der Waals surface area (Å²) in [6.45, 7) is 0. The van der Waals surface area contributed by atoms with Crippen LogP contribution in [0.5, 0.6) is 0 Å². The maximum atomic E-state index is 13.4. The molecule has 2 aromatic carbocycles. The lowest BCUT2D eigenvalue weighted by Gasteiger charge is -2.12. The minimum Gasteiger partial charge on any atom is -0.382 e. The fourth-order valence-corrected chi connectivity index (χ4v) is 4.67. The fraction of sp³-hybridized carbons (Fsp3) is 0.100. The zero-order valence-corrected chi connectivity index (χ0v) is 17.5. The monoisotopic (exact) mass is 457 g/mol. The lowest BCUT2D eigenvalue weighted by atomic mass is 10.1. The lowest BCUT2D eigenvalue weighted by Crippen LogP contribution is -2.20. The van der Waals surface area contributed by atoms with E-state index in [0.29, 0.717) is 15.4 Å². The Bertz CT molecular complexity index is 1240.